The molecule has 2 heterocycles. The van der Waals surface area contributed by atoms with Gasteiger partial charge in [0.25, 0.3) is 0 Å². The second-order valence-corrected chi connectivity index (χ2v) is 4.60. The highest BCUT2D eigenvalue weighted by Crippen LogP contribution is 2.32. The number of hydrogen-bond acceptors (Lipinski definition) is 3. The lowest BCUT2D eigenvalue weighted by Crippen LogP contribution is -2.02. The molecule has 2 nitrogen and oxygen atoms in total. The third-order valence-electron chi connectivity index (χ3n) is 2.20. The van der Waals surface area contributed by atoms with Crippen LogP contribution in [0, 0.1) is 6.92 Å². The minimum atomic E-state index is -0.723. The van der Waals surface area contributed by atoms with Crippen LogP contribution in [0.4, 0.5) is 0 Å². The van der Waals surface area contributed by atoms with E-state index in [-0.39, 0.29) is 0 Å². The van der Waals surface area contributed by atoms with E-state index in [1.807, 2.05) is 24.4 Å². The smallest absolute Gasteiger partial charge is 0.132 e. The summed E-state index contributed by atoms with van der Waals surface area (Å²) in [5.74, 6) is 0. The van der Waals surface area contributed by atoms with Crippen LogP contribution < -0.4 is 0 Å². The lowest BCUT2D eigenvalue weighted by Gasteiger charge is -2.10. The van der Waals surface area contributed by atoms with Gasteiger partial charge in [-0.25, -0.2) is 0 Å². The van der Waals surface area contributed by atoms with Crippen LogP contribution in [0.2, 0.25) is 5.02 Å². The molecule has 1 unspecified atom stereocenters. The molecule has 0 radical (unpaired) electrons. The first-order chi connectivity index (χ1) is 7.20. The van der Waals surface area contributed by atoms with Gasteiger partial charge in [0.2, 0.25) is 0 Å². The maximum atomic E-state index is 10.1. The van der Waals surface area contributed by atoms with Gasteiger partial charge in [-0.3, -0.25) is 4.98 Å². The summed E-state index contributed by atoms with van der Waals surface area (Å²) in [5.41, 5.74) is 1.64. The van der Waals surface area contributed by atoms with E-state index in [0.29, 0.717) is 10.7 Å². The van der Waals surface area contributed by atoms with Gasteiger partial charge in [0, 0.05) is 6.20 Å². The highest BCUT2D eigenvalue weighted by atomic mass is 35.5. The van der Waals surface area contributed by atoms with Crippen LogP contribution >= 0.6 is 22.9 Å². The molecule has 2 aromatic heterocycles. The number of aromatic nitrogens is 1. The first-order valence-corrected chi connectivity index (χ1v) is 5.78. The summed E-state index contributed by atoms with van der Waals surface area (Å²) in [6, 6.07) is 5.55. The molecule has 2 rings (SSSR count). The Morgan fingerprint density at radius 1 is 1.47 bits per heavy atom. The molecule has 0 saturated heterocycles. The van der Waals surface area contributed by atoms with Gasteiger partial charge >= 0.3 is 0 Å². The molecule has 0 fully saturated rings. The molecule has 1 atom stereocenters. The molecule has 0 aliphatic heterocycles. The van der Waals surface area contributed by atoms with E-state index in [1.54, 1.807) is 12.3 Å². The number of thiophene rings is 1. The third-order valence-corrected chi connectivity index (χ3v) is 3.61. The average Bonchev–Trinajstić information content (AvgIpc) is 2.64. The summed E-state index contributed by atoms with van der Waals surface area (Å²) >= 11 is 7.40. The van der Waals surface area contributed by atoms with Gasteiger partial charge in [-0.15, -0.1) is 11.3 Å². The van der Waals surface area contributed by atoms with E-state index < -0.39 is 6.10 Å². The number of aliphatic hydroxyl groups is 1. The van der Waals surface area contributed by atoms with E-state index in [1.165, 1.54) is 11.3 Å². The molecule has 0 aliphatic carbocycles. The summed E-state index contributed by atoms with van der Waals surface area (Å²) in [5, 5.41) is 12.6. The Balaban J connectivity index is 2.41. The van der Waals surface area contributed by atoms with Gasteiger partial charge in [0.1, 0.15) is 6.10 Å². The Kier molecular flexibility index (Phi) is 3.05. The number of pyridine rings is 1. The minimum Gasteiger partial charge on any atom is -0.381 e. The largest absolute Gasteiger partial charge is 0.381 e. The molecule has 0 amide bonds. The monoisotopic (exact) mass is 239 g/mol. The van der Waals surface area contributed by atoms with Gasteiger partial charge in [-0.1, -0.05) is 17.7 Å². The normalized spacial score (nSPS) is 12.7. The molecule has 78 valence electrons. The quantitative estimate of drug-likeness (QED) is 0.873. The highest BCUT2D eigenvalue weighted by molar-refractivity contribution is 7.10. The fourth-order valence-electron chi connectivity index (χ4n) is 1.41. The number of rotatable bonds is 2. The fraction of sp³-hybridized carbons (Fsp3) is 0.182. The Labute approximate surface area is 97.2 Å². The molecule has 0 aliphatic rings. The molecule has 1 N–H and O–H groups in total. The molecular formula is C11H10ClNOS. The molecule has 0 spiro atoms. The summed E-state index contributed by atoms with van der Waals surface area (Å²) < 4.78 is 0. The van der Waals surface area contributed by atoms with Crippen molar-refractivity contribution in [2.75, 3.05) is 0 Å². The molecule has 4 heteroatoms. The van der Waals surface area contributed by atoms with Crippen molar-refractivity contribution in [3.63, 3.8) is 0 Å². The summed E-state index contributed by atoms with van der Waals surface area (Å²) in [6.07, 6.45) is 0.950. The zero-order valence-corrected chi connectivity index (χ0v) is 9.72. The van der Waals surface area contributed by atoms with Gasteiger partial charge in [-0.05, 0) is 30.0 Å². The summed E-state index contributed by atoms with van der Waals surface area (Å²) in [6.45, 7) is 1.92. The standard InChI is InChI=1S/C11H10ClNOS/c1-7-3-2-5-13-9(7)10(14)11-8(12)4-6-15-11/h2-6,10,14H,1H3. The Morgan fingerprint density at radius 3 is 2.87 bits per heavy atom. The van der Waals surface area contributed by atoms with Crippen LogP contribution in [-0.4, -0.2) is 10.1 Å². The van der Waals surface area contributed by atoms with Crippen molar-refractivity contribution in [3.8, 4) is 0 Å². The van der Waals surface area contributed by atoms with Crippen molar-refractivity contribution in [2.24, 2.45) is 0 Å². The number of nitrogens with zero attached hydrogens (tertiary/aromatic N) is 1. The van der Waals surface area contributed by atoms with Crippen LogP contribution in [0.1, 0.15) is 22.2 Å². The predicted molar refractivity (Wildman–Crippen MR) is 62.4 cm³/mol. The third kappa shape index (κ3) is 2.04. The van der Waals surface area contributed by atoms with Gasteiger partial charge < -0.3 is 5.11 Å². The van der Waals surface area contributed by atoms with Crippen LogP contribution in [0.5, 0.6) is 0 Å². The van der Waals surface area contributed by atoms with Crippen molar-refractivity contribution in [3.05, 3.63) is 50.9 Å². The molecule has 15 heavy (non-hydrogen) atoms. The van der Waals surface area contributed by atoms with Crippen molar-refractivity contribution in [2.45, 2.75) is 13.0 Å². The zero-order valence-electron chi connectivity index (χ0n) is 8.14. The molecular weight excluding hydrogens is 230 g/mol. The summed E-state index contributed by atoms with van der Waals surface area (Å²) in [4.78, 5) is 4.92. The maximum absolute atomic E-state index is 10.1. The maximum Gasteiger partial charge on any atom is 0.132 e. The van der Waals surface area contributed by atoms with Crippen LogP contribution in [-0.2, 0) is 0 Å². The summed E-state index contributed by atoms with van der Waals surface area (Å²) in [7, 11) is 0. The second-order valence-electron chi connectivity index (χ2n) is 3.24. The zero-order chi connectivity index (χ0) is 10.8. The lowest BCUT2D eigenvalue weighted by atomic mass is 10.1. The number of hydrogen-bond donors (Lipinski definition) is 1. The SMILES string of the molecule is Cc1cccnc1C(O)c1sccc1Cl. The van der Waals surface area contributed by atoms with E-state index in [2.05, 4.69) is 4.98 Å². The van der Waals surface area contributed by atoms with Crippen molar-refractivity contribution >= 4 is 22.9 Å². The second kappa shape index (κ2) is 4.31. The van der Waals surface area contributed by atoms with Gasteiger partial charge in [0.15, 0.2) is 0 Å². The van der Waals surface area contributed by atoms with E-state index in [4.69, 9.17) is 11.6 Å². The predicted octanol–water partition coefficient (Wildman–Crippen LogP) is 3.19. The minimum absolute atomic E-state index is 0.595. The Hall–Kier alpha value is -0.900. The topological polar surface area (TPSA) is 33.1 Å². The van der Waals surface area contributed by atoms with E-state index >= 15 is 0 Å². The van der Waals surface area contributed by atoms with Crippen LogP contribution in [0.15, 0.2) is 29.8 Å². The van der Waals surface area contributed by atoms with Crippen LogP contribution in [0.25, 0.3) is 0 Å². The Morgan fingerprint density at radius 2 is 2.27 bits per heavy atom. The number of aryl methyl sites for hydroxylation is 1. The first-order valence-electron chi connectivity index (χ1n) is 4.52. The highest BCUT2D eigenvalue weighted by Gasteiger charge is 2.17. The lowest BCUT2D eigenvalue weighted by molar-refractivity contribution is 0.218. The Bertz CT molecular complexity index is 469. The molecule has 0 saturated carbocycles. The molecule has 2 aromatic rings. The number of halogens is 1. The fourth-order valence-corrected chi connectivity index (χ4v) is 2.56. The number of aliphatic hydroxyl groups excluding tert-OH is 1. The first kappa shape index (κ1) is 10.6. The van der Waals surface area contributed by atoms with E-state index in [0.717, 1.165) is 10.4 Å². The van der Waals surface area contributed by atoms with Crippen molar-refractivity contribution < 1.29 is 5.11 Å². The average molecular weight is 240 g/mol. The molecule has 0 bridgehead atoms. The van der Waals surface area contributed by atoms with E-state index in [9.17, 15) is 5.11 Å². The van der Waals surface area contributed by atoms with Crippen molar-refractivity contribution in [1.29, 1.82) is 0 Å². The van der Waals surface area contributed by atoms with Crippen LogP contribution in [0.3, 0.4) is 0 Å². The molecule has 0 aromatic carbocycles. The van der Waals surface area contributed by atoms with Crippen molar-refractivity contribution in [1.82, 2.24) is 4.98 Å². The van der Waals surface area contributed by atoms with Gasteiger partial charge in [0.05, 0.1) is 15.6 Å². The van der Waals surface area contributed by atoms with Gasteiger partial charge in [-0.2, -0.15) is 0 Å².